The quantitative estimate of drug-likeness (QED) is 0.292. The standard InChI is InChI=1S/C28H16ClN5/c29-28-32-26(19-8-3-1-4-9-19)31-27(33-28)21-12-7-13-24-25(21)22-16-18(17-30)14-15-23(22)34(24)20-10-5-2-6-11-20/h1-16H. The Morgan fingerprint density at radius 1 is 0.706 bits per heavy atom. The summed E-state index contributed by atoms with van der Waals surface area (Å²) in [4.78, 5) is 13.6. The predicted molar refractivity (Wildman–Crippen MR) is 135 cm³/mol. The second-order valence-electron chi connectivity index (χ2n) is 7.83. The van der Waals surface area contributed by atoms with Crippen LogP contribution in [0.1, 0.15) is 5.56 Å². The zero-order valence-corrected chi connectivity index (χ0v) is 18.6. The maximum absolute atomic E-state index is 9.57. The van der Waals surface area contributed by atoms with Gasteiger partial charge < -0.3 is 4.57 Å². The Labute approximate surface area is 200 Å². The first-order valence-electron chi connectivity index (χ1n) is 10.7. The van der Waals surface area contributed by atoms with E-state index >= 15 is 0 Å². The van der Waals surface area contributed by atoms with E-state index in [-0.39, 0.29) is 5.28 Å². The van der Waals surface area contributed by atoms with Gasteiger partial charge >= 0.3 is 0 Å². The van der Waals surface area contributed by atoms with E-state index in [1.807, 2.05) is 78.9 Å². The van der Waals surface area contributed by atoms with Gasteiger partial charge in [0.05, 0.1) is 22.7 Å². The van der Waals surface area contributed by atoms with Gasteiger partial charge in [-0.3, -0.25) is 0 Å². The Kier molecular flexibility index (Phi) is 4.80. The highest BCUT2D eigenvalue weighted by molar-refractivity contribution is 6.28. The normalized spacial score (nSPS) is 11.1. The van der Waals surface area contributed by atoms with Gasteiger partial charge in [0.2, 0.25) is 5.28 Å². The van der Waals surface area contributed by atoms with E-state index in [9.17, 15) is 5.26 Å². The largest absolute Gasteiger partial charge is 0.309 e. The predicted octanol–water partition coefficient (Wildman–Crippen LogP) is 6.83. The number of nitrogens with zero attached hydrogens (tertiary/aromatic N) is 5. The molecule has 6 aromatic rings. The van der Waals surface area contributed by atoms with Crippen molar-refractivity contribution in [3.05, 3.63) is 108 Å². The number of fused-ring (bicyclic) bond motifs is 3. The third-order valence-corrected chi connectivity index (χ3v) is 5.98. The van der Waals surface area contributed by atoms with Gasteiger partial charge in [-0.15, -0.1) is 0 Å². The number of rotatable bonds is 3. The Hall–Kier alpha value is -4.53. The average molecular weight is 458 g/mol. The molecule has 0 N–H and O–H groups in total. The molecule has 0 amide bonds. The highest BCUT2D eigenvalue weighted by Gasteiger charge is 2.19. The van der Waals surface area contributed by atoms with E-state index in [2.05, 4.69) is 38.8 Å². The molecule has 0 atom stereocenters. The van der Waals surface area contributed by atoms with Crippen molar-refractivity contribution in [3.63, 3.8) is 0 Å². The van der Waals surface area contributed by atoms with Crippen LogP contribution in [0.2, 0.25) is 5.28 Å². The molecule has 0 fully saturated rings. The van der Waals surface area contributed by atoms with Gasteiger partial charge in [0.25, 0.3) is 0 Å². The second kappa shape index (κ2) is 8.11. The van der Waals surface area contributed by atoms with Crippen LogP contribution in [0, 0.1) is 11.3 Å². The summed E-state index contributed by atoms with van der Waals surface area (Å²) < 4.78 is 2.19. The number of nitriles is 1. The second-order valence-corrected chi connectivity index (χ2v) is 8.17. The van der Waals surface area contributed by atoms with Crippen LogP contribution >= 0.6 is 11.6 Å². The molecule has 0 bridgehead atoms. The molecule has 0 saturated carbocycles. The fourth-order valence-electron chi connectivity index (χ4n) is 4.37. The average Bonchev–Trinajstić information content (AvgIpc) is 3.23. The Bertz CT molecular complexity index is 1720. The zero-order valence-electron chi connectivity index (χ0n) is 17.9. The van der Waals surface area contributed by atoms with Crippen molar-refractivity contribution in [2.75, 3.05) is 0 Å². The smallest absolute Gasteiger partial charge is 0.226 e. The van der Waals surface area contributed by atoms with Crippen molar-refractivity contribution in [3.8, 4) is 34.5 Å². The van der Waals surface area contributed by atoms with Crippen molar-refractivity contribution in [1.82, 2.24) is 19.5 Å². The Balaban J connectivity index is 1.70. The molecule has 4 aromatic carbocycles. The Morgan fingerprint density at radius 2 is 1.44 bits per heavy atom. The third kappa shape index (κ3) is 3.29. The summed E-state index contributed by atoms with van der Waals surface area (Å²) in [5.41, 5.74) is 5.30. The van der Waals surface area contributed by atoms with Crippen LogP contribution in [0.4, 0.5) is 0 Å². The van der Waals surface area contributed by atoms with Gasteiger partial charge in [-0.25, -0.2) is 4.98 Å². The molecule has 2 heterocycles. The van der Waals surface area contributed by atoms with E-state index < -0.39 is 0 Å². The number of halogens is 1. The molecule has 0 aliphatic heterocycles. The van der Waals surface area contributed by atoms with E-state index in [0.717, 1.165) is 38.6 Å². The van der Waals surface area contributed by atoms with Gasteiger partial charge in [-0.05, 0) is 48.0 Å². The van der Waals surface area contributed by atoms with Crippen molar-refractivity contribution in [2.24, 2.45) is 0 Å². The van der Waals surface area contributed by atoms with Crippen LogP contribution in [0.3, 0.4) is 0 Å². The molecule has 2 aromatic heterocycles. The molecule has 0 aliphatic carbocycles. The van der Waals surface area contributed by atoms with Crippen molar-refractivity contribution >= 4 is 33.4 Å². The lowest BCUT2D eigenvalue weighted by atomic mass is 10.0. The van der Waals surface area contributed by atoms with Crippen LogP contribution in [0.25, 0.3) is 50.3 Å². The topological polar surface area (TPSA) is 67.4 Å². The zero-order chi connectivity index (χ0) is 23.1. The molecule has 6 rings (SSSR count). The number of hydrogen-bond donors (Lipinski definition) is 0. The molecule has 160 valence electrons. The summed E-state index contributed by atoms with van der Waals surface area (Å²) in [6, 6.07) is 33.9. The SMILES string of the molecule is N#Cc1ccc2c(c1)c1c(-c3nc(Cl)nc(-c4ccccc4)n3)cccc1n2-c1ccccc1. The molecule has 6 heteroatoms. The van der Waals surface area contributed by atoms with Crippen molar-refractivity contribution < 1.29 is 0 Å². The molecule has 0 unspecified atom stereocenters. The molecule has 0 radical (unpaired) electrons. The lowest BCUT2D eigenvalue weighted by molar-refractivity contribution is 1.07. The first kappa shape index (κ1) is 20.1. The van der Waals surface area contributed by atoms with E-state index in [0.29, 0.717) is 17.2 Å². The minimum atomic E-state index is 0.130. The molecule has 34 heavy (non-hydrogen) atoms. The maximum Gasteiger partial charge on any atom is 0.226 e. The minimum Gasteiger partial charge on any atom is -0.309 e. The summed E-state index contributed by atoms with van der Waals surface area (Å²) in [6.45, 7) is 0. The van der Waals surface area contributed by atoms with E-state index in [1.54, 1.807) is 0 Å². The number of para-hydroxylation sites is 1. The molecular formula is C28H16ClN5. The van der Waals surface area contributed by atoms with Gasteiger partial charge in [0, 0.05) is 27.6 Å². The molecular weight excluding hydrogens is 442 g/mol. The monoisotopic (exact) mass is 457 g/mol. The molecule has 0 saturated heterocycles. The highest BCUT2D eigenvalue weighted by atomic mass is 35.5. The molecule has 0 spiro atoms. The van der Waals surface area contributed by atoms with Crippen molar-refractivity contribution in [2.45, 2.75) is 0 Å². The van der Waals surface area contributed by atoms with Crippen LogP contribution in [-0.2, 0) is 0 Å². The first-order chi connectivity index (χ1) is 16.7. The first-order valence-corrected chi connectivity index (χ1v) is 11.1. The Morgan fingerprint density at radius 3 is 2.21 bits per heavy atom. The number of benzene rings is 4. The summed E-state index contributed by atoms with van der Waals surface area (Å²) >= 11 is 6.36. The van der Waals surface area contributed by atoms with E-state index in [4.69, 9.17) is 16.6 Å². The van der Waals surface area contributed by atoms with Crippen LogP contribution in [-0.4, -0.2) is 19.5 Å². The molecule has 5 nitrogen and oxygen atoms in total. The van der Waals surface area contributed by atoms with Gasteiger partial charge in [-0.2, -0.15) is 15.2 Å². The van der Waals surface area contributed by atoms with Crippen molar-refractivity contribution in [1.29, 1.82) is 5.26 Å². The van der Waals surface area contributed by atoms with Crippen LogP contribution < -0.4 is 0 Å². The van der Waals surface area contributed by atoms with Gasteiger partial charge in [0.15, 0.2) is 11.6 Å². The summed E-state index contributed by atoms with van der Waals surface area (Å²) in [5, 5.41) is 11.6. The van der Waals surface area contributed by atoms with Gasteiger partial charge in [-0.1, -0.05) is 60.7 Å². The van der Waals surface area contributed by atoms with Crippen LogP contribution in [0.15, 0.2) is 97.1 Å². The fraction of sp³-hybridized carbons (Fsp3) is 0. The minimum absolute atomic E-state index is 0.130. The summed E-state index contributed by atoms with van der Waals surface area (Å²) in [6.07, 6.45) is 0. The fourth-order valence-corrected chi connectivity index (χ4v) is 4.53. The third-order valence-electron chi connectivity index (χ3n) is 5.81. The lowest BCUT2D eigenvalue weighted by Gasteiger charge is -2.09. The summed E-state index contributed by atoms with van der Waals surface area (Å²) in [5.74, 6) is 0.996. The molecule has 0 aliphatic rings. The van der Waals surface area contributed by atoms with Crippen LogP contribution in [0.5, 0.6) is 0 Å². The maximum atomic E-state index is 9.57. The number of hydrogen-bond acceptors (Lipinski definition) is 4. The van der Waals surface area contributed by atoms with Gasteiger partial charge in [0.1, 0.15) is 0 Å². The number of aromatic nitrogens is 4. The lowest BCUT2D eigenvalue weighted by Crippen LogP contribution is -1.98. The summed E-state index contributed by atoms with van der Waals surface area (Å²) in [7, 11) is 0. The van der Waals surface area contributed by atoms with E-state index in [1.165, 1.54) is 0 Å². The highest BCUT2D eigenvalue weighted by Crippen LogP contribution is 2.38.